The van der Waals surface area contributed by atoms with Crippen LogP contribution in [0.3, 0.4) is 0 Å². The van der Waals surface area contributed by atoms with Gasteiger partial charge in [0.1, 0.15) is 12.4 Å². The number of cyclic esters (lactones) is 1. The molecule has 2 N–H and O–H groups in total. The molecule has 142 valence electrons. The van der Waals surface area contributed by atoms with Crippen molar-refractivity contribution in [2.45, 2.75) is 18.8 Å². The molecule has 5 nitrogen and oxygen atoms in total. The largest absolute Gasteiger partial charge is 0.491 e. The van der Waals surface area contributed by atoms with E-state index >= 15 is 0 Å². The van der Waals surface area contributed by atoms with Crippen molar-refractivity contribution in [2.24, 2.45) is 0 Å². The predicted octanol–water partition coefficient (Wildman–Crippen LogP) is 3.08. The Morgan fingerprint density at radius 1 is 1.00 bits per heavy atom. The maximum atomic E-state index is 11.2. The van der Waals surface area contributed by atoms with Crippen LogP contribution in [0, 0.1) is 0 Å². The number of ether oxygens (including phenoxy) is 2. The fourth-order valence-electron chi connectivity index (χ4n) is 3.25. The van der Waals surface area contributed by atoms with Crippen molar-refractivity contribution >= 4 is 22.3 Å². The second-order valence-corrected chi connectivity index (χ2v) is 6.76. The molecule has 3 aromatic rings. The second kappa shape index (κ2) is 7.84. The zero-order chi connectivity index (χ0) is 19.5. The molecule has 1 aliphatic rings. The SMILES string of the molecule is O=C1C=C(c2ccc(CC(O)COc3ccc4ccccc4c3)cc2)C(O)O1. The van der Waals surface area contributed by atoms with Gasteiger partial charge >= 0.3 is 5.97 Å². The first-order chi connectivity index (χ1) is 13.6. The minimum atomic E-state index is -1.22. The van der Waals surface area contributed by atoms with E-state index in [9.17, 15) is 15.0 Å². The summed E-state index contributed by atoms with van der Waals surface area (Å²) in [6, 6.07) is 21.2. The third-order valence-corrected chi connectivity index (χ3v) is 4.69. The quantitative estimate of drug-likeness (QED) is 0.647. The van der Waals surface area contributed by atoms with Crippen molar-refractivity contribution in [3.8, 4) is 5.75 Å². The number of aliphatic hydroxyl groups is 2. The number of rotatable bonds is 6. The molecule has 2 atom stereocenters. The molecule has 1 heterocycles. The predicted molar refractivity (Wildman–Crippen MR) is 106 cm³/mol. The Morgan fingerprint density at radius 3 is 2.46 bits per heavy atom. The van der Waals surface area contributed by atoms with Crippen LogP contribution in [0.1, 0.15) is 11.1 Å². The van der Waals surface area contributed by atoms with Crippen molar-refractivity contribution in [3.63, 3.8) is 0 Å². The van der Waals surface area contributed by atoms with E-state index in [4.69, 9.17) is 9.47 Å². The first-order valence-electron chi connectivity index (χ1n) is 9.08. The number of carbonyl (C=O) groups excluding carboxylic acids is 1. The lowest BCUT2D eigenvalue weighted by Crippen LogP contribution is -2.20. The number of carbonyl (C=O) groups is 1. The summed E-state index contributed by atoms with van der Waals surface area (Å²) in [5.41, 5.74) is 2.08. The first kappa shape index (κ1) is 18.2. The molecule has 0 aliphatic carbocycles. The summed E-state index contributed by atoms with van der Waals surface area (Å²) in [4.78, 5) is 11.2. The first-order valence-corrected chi connectivity index (χ1v) is 9.08. The lowest BCUT2D eigenvalue weighted by molar-refractivity contribution is -0.149. The Morgan fingerprint density at radius 2 is 1.75 bits per heavy atom. The average Bonchev–Trinajstić information content (AvgIpc) is 3.05. The molecule has 1 aliphatic heterocycles. The van der Waals surface area contributed by atoms with Crippen LogP contribution in [0.4, 0.5) is 0 Å². The molecule has 0 radical (unpaired) electrons. The number of fused-ring (bicyclic) bond motifs is 1. The molecule has 0 saturated carbocycles. The summed E-state index contributed by atoms with van der Waals surface area (Å²) in [6.45, 7) is 0.187. The Kier molecular flexibility index (Phi) is 5.10. The van der Waals surface area contributed by atoms with E-state index in [2.05, 4.69) is 0 Å². The Bertz CT molecular complexity index is 1020. The fraction of sp³-hybridized carbons (Fsp3) is 0.174. The standard InChI is InChI=1S/C23H20O5/c24-19(14-27-20-10-9-16-3-1-2-4-18(16)12-20)11-15-5-7-17(8-6-15)21-13-22(25)28-23(21)26/h1-10,12-13,19,23-24,26H,11,14H2. The summed E-state index contributed by atoms with van der Waals surface area (Å²) in [6.07, 6.45) is -0.158. The van der Waals surface area contributed by atoms with Crippen LogP contribution in [0.5, 0.6) is 5.75 Å². The van der Waals surface area contributed by atoms with Gasteiger partial charge in [-0.3, -0.25) is 0 Å². The van der Waals surface area contributed by atoms with Gasteiger partial charge in [0, 0.05) is 18.1 Å². The van der Waals surface area contributed by atoms with Gasteiger partial charge in [-0.05, 0) is 34.0 Å². The van der Waals surface area contributed by atoms with E-state index in [1.807, 2.05) is 54.6 Å². The van der Waals surface area contributed by atoms with E-state index in [1.54, 1.807) is 12.1 Å². The maximum absolute atomic E-state index is 11.2. The summed E-state index contributed by atoms with van der Waals surface area (Å²) < 4.78 is 10.4. The van der Waals surface area contributed by atoms with Crippen molar-refractivity contribution in [2.75, 3.05) is 6.61 Å². The van der Waals surface area contributed by atoms with Crippen molar-refractivity contribution in [1.82, 2.24) is 0 Å². The zero-order valence-electron chi connectivity index (χ0n) is 15.1. The highest BCUT2D eigenvalue weighted by molar-refractivity contribution is 5.96. The number of hydrogen-bond acceptors (Lipinski definition) is 5. The van der Waals surface area contributed by atoms with E-state index in [1.165, 1.54) is 6.08 Å². The van der Waals surface area contributed by atoms with Crippen LogP contribution in [-0.2, 0) is 16.0 Å². The third kappa shape index (κ3) is 4.06. The normalized spacial score (nSPS) is 17.3. The van der Waals surface area contributed by atoms with Gasteiger partial charge < -0.3 is 19.7 Å². The van der Waals surface area contributed by atoms with Crippen LogP contribution < -0.4 is 4.74 Å². The van der Waals surface area contributed by atoms with Crippen molar-refractivity contribution < 1.29 is 24.5 Å². The summed E-state index contributed by atoms with van der Waals surface area (Å²) in [7, 11) is 0. The van der Waals surface area contributed by atoms with Crippen LogP contribution >= 0.6 is 0 Å². The van der Waals surface area contributed by atoms with Crippen LogP contribution in [-0.4, -0.2) is 35.2 Å². The molecule has 0 saturated heterocycles. The Balaban J connectivity index is 1.35. The summed E-state index contributed by atoms with van der Waals surface area (Å²) in [5, 5.41) is 22.2. The molecule has 3 aromatic carbocycles. The molecule has 0 fully saturated rings. The smallest absolute Gasteiger partial charge is 0.333 e. The van der Waals surface area contributed by atoms with E-state index in [0.29, 0.717) is 17.6 Å². The van der Waals surface area contributed by atoms with Gasteiger partial charge in [-0.1, -0.05) is 54.6 Å². The van der Waals surface area contributed by atoms with Gasteiger partial charge in [-0.25, -0.2) is 4.79 Å². The number of aliphatic hydroxyl groups excluding tert-OH is 2. The highest BCUT2D eigenvalue weighted by atomic mass is 16.6. The Hall–Kier alpha value is -3.15. The zero-order valence-corrected chi connectivity index (χ0v) is 15.1. The van der Waals surface area contributed by atoms with Crippen molar-refractivity contribution in [1.29, 1.82) is 0 Å². The van der Waals surface area contributed by atoms with E-state index < -0.39 is 18.4 Å². The molecule has 0 amide bonds. The van der Waals surface area contributed by atoms with Gasteiger partial charge in [-0.2, -0.15) is 0 Å². The van der Waals surface area contributed by atoms with Gasteiger partial charge in [0.15, 0.2) is 0 Å². The minimum absolute atomic E-state index is 0.187. The molecule has 4 rings (SSSR count). The molecule has 0 bridgehead atoms. The molecule has 28 heavy (non-hydrogen) atoms. The fourth-order valence-corrected chi connectivity index (χ4v) is 3.25. The van der Waals surface area contributed by atoms with E-state index in [-0.39, 0.29) is 6.61 Å². The average molecular weight is 376 g/mol. The van der Waals surface area contributed by atoms with Crippen LogP contribution in [0.2, 0.25) is 0 Å². The monoisotopic (exact) mass is 376 g/mol. The number of esters is 1. The lowest BCUT2D eigenvalue weighted by Gasteiger charge is -2.14. The highest BCUT2D eigenvalue weighted by Gasteiger charge is 2.24. The molecule has 0 spiro atoms. The highest BCUT2D eigenvalue weighted by Crippen LogP contribution is 2.25. The lowest BCUT2D eigenvalue weighted by atomic mass is 10.0. The molecular formula is C23H20O5. The molecule has 2 unspecified atom stereocenters. The van der Waals surface area contributed by atoms with Gasteiger partial charge in [0.2, 0.25) is 6.29 Å². The summed E-state index contributed by atoms with van der Waals surface area (Å²) in [5.74, 6) is 0.174. The van der Waals surface area contributed by atoms with Crippen LogP contribution in [0.15, 0.2) is 72.8 Å². The van der Waals surface area contributed by atoms with Crippen molar-refractivity contribution in [3.05, 3.63) is 83.9 Å². The van der Waals surface area contributed by atoms with Gasteiger partial charge in [0.05, 0.1) is 6.10 Å². The number of hydrogen-bond donors (Lipinski definition) is 2. The Labute approximate surface area is 162 Å². The van der Waals surface area contributed by atoms with E-state index in [0.717, 1.165) is 22.1 Å². The third-order valence-electron chi connectivity index (χ3n) is 4.69. The summed E-state index contributed by atoms with van der Waals surface area (Å²) >= 11 is 0. The minimum Gasteiger partial charge on any atom is -0.491 e. The van der Waals surface area contributed by atoms with Gasteiger partial charge in [0.25, 0.3) is 0 Å². The maximum Gasteiger partial charge on any atom is 0.333 e. The number of benzene rings is 3. The topological polar surface area (TPSA) is 76.0 Å². The van der Waals surface area contributed by atoms with Crippen LogP contribution in [0.25, 0.3) is 16.3 Å². The second-order valence-electron chi connectivity index (χ2n) is 6.76. The van der Waals surface area contributed by atoms with Gasteiger partial charge in [-0.15, -0.1) is 0 Å². The molecular weight excluding hydrogens is 356 g/mol. The molecule has 0 aromatic heterocycles. The molecule has 5 heteroatoms.